The monoisotopic (exact) mass is 367 g/mol. The first-order valence-corrected chi connectivity index (χ1v) is 8.51. The van der Waals surface area contributed by atoms with Gasteiger partial charge in [0.05, 0.1) is 5.54 Å². The molecule has 6 nitrogen and oxygen atoms in total. The summed E-state index contributed by atoms with van der Waals surface area (Å²) in [6, 6.07) is 7.59. The zero-order chi connectivity index (χ0) is 17.2. The standard InChI is InChI=1S/C18H25N3O3.ClH/c1-14-2-4-15(5-3-14)16(22)20-8-10-21(11-9-20)17(23)18(19)6-12-24-13-7-18;/h2-5H,6-13,19H2,1H3;1H. The third-order valence-electron chi connectivity index (χ3n) is 4.96. The highest BCUT2D eigenvalue weighted by molar-refractivity contribution is 5.94. The average Bonchev–Trinajstić information content (AvgIpc) is 2.62. The fourth-order valence-electron chi connectivity index (χ4n) is 3.26. The Kier molecular flexibility index (Phi) is 6.43. The molecular weight excluding hydrogens is 342 g/mol. The molecule has 2 saturated heterocycles. The Morgan fingerprint density at radius 3 is 2.08 bits per heavy atom. The van der Waals surface area contributed by atoms with Gasteiger partial charge in [0.1, 0.15) is 0 Å². The largest absolute Gasteiger partial charge is 0.381 e. The molecule has 2 amide bonds. The van der Waals surface area contributed by atoms with E-state index in [-0.39, 0.29) is 24.2 Å². The molecule has 25 heavy (non-hydrogen) atoms. The lowest BCUT2D eigenvalue weighted by atomic mass is 9.89. The van der Waals surface area contributed by atoms with Crippen molar-refractivity contribution in [2.24, 2.45) is 5.73 Å². The minimum absolute atomic E-state index is 0. The number of benzene rings is 1. The number of halogens is 1. The molecule has 2 N–H and O–H groups in total. The predicted molar refractivity (Wildman–Crippen MR) is 97.9 cm³/mol. The Labute approximate surface area is 154 Å². The van der Waals surface area contributed by atoms with E-state index in [1.807, 2.05) is 36.1 Å². The van der Waals surface area contributed by atoms with Crippen LogP contribution in [0.1, 0.15) is 28.8 Å². The summed E-state index contributed by atoms with van der Waals surface area (Å²) in [4.78, 5) is 28.8. The van der Waals surface area contributed by atoms with E-state index in [4.69, 9.17) is 10.5 Å². The third-order valence-corrected chi connectivity index (χ3v) is 4.96. The van der Waals surface area contributed by atoms with E-state index >= 15 is 0 Å². The molecule has 2 fully saturated rings. The molecule has 0 atom stereocenters. The maximum atomic E-state index is 12.7. The molecule has 0 saturated carbocycles. The fraction of sp³-hybridized carbons (Fsp3) is 0.556. The van der Waals surface area contributed by atoms with Crippen LogP contribution in [0.3, 0.4) is 0 Å². The molecule has 0 unspecified atom stereocenters. The Hall–Kier alpha value is -1.63. The lowest BCUT2D eigenvalue weighted by Gasteiger charge is -2.40. The maximum Gasteiger partial charge on any atom is 0.253 e. The summed E-state index contributed by atoms with van der Waals surface area (Å²) < 4.78 is 5.30. The maximum absolute atomic E-state index is 12.7. The van der Waals surface area contributed by atoms with Crippen molar-refractivity contribution in [3.05, 3.63) is 35.4 Å². The summed E-state index contributed by atoms with van der Waals surface area (Å²) in [7, 11) is 0. The van der Waals surface area contributed by atoms with Crippen LogP contribution in [0, 0.1) is 6.92 Å². The van der Waals surface area contributed by atoms with E-state index in [2.05, 4.69) is 0 Å². The molecule has 0 aromatic heterocycles. The van der Waals surface area contributed by atoms with E-state index in [0.29, 0.717) is 57.8 Å². The van der Waals surface area contributed by atoms with Gasteiger partial charge in [-0.05, 0) is 31.9 Å². The smallest absolute Gasteiger partial charge is 0.253 e. The van der Waals surface area contributed by atoms with Gasteiger partial charge in [0.25, 0.3) is 5.91 Å². The van der Waals surface area contributed by atoms with Gasteiger partial charge in [-0.1, -0.05) is 17.7 Å². The van der Waals surface area contributed by atoms with Crippen LogP contribution < -0.4 is 5.73 Å². The van der Waals surface area contributed by atoms with Gasteiger partial charge in [-0.25, -0.2) is 0 Å². The molecular formula is C18H26ClN3O3. The number of piperazine rings is 1. The second-order valence-electron chi connectivity index (χ2n) is 6.72. The van der Waals surface area contributed by atoms with Crippen LogP contribution >= 0.6 is 12.4 Å². The molecule has 7 heteroatoms. The van der Waals surface area contributed by atoms with Crippen molar-refractivity contribution in [3.8, 4) is 0 Å². The molecule has 2 heterocycles. The second-order valence-corrected chi connectivity index (χ2v) is 6.72. The predicted octanol–water partition coefficient (Wildman–Crippen LogP) is 1.21. The van der Waals surface area contributed by atoms with Crippen molar-refractivity contribution in [1.29, 1.82) is 0 Å². The highest BCUT2D eigenvalue weighted by Gasteiger charge is 2.40. The number of carbonyl (C=O) groups is 2. The van der Waals surface area contributed by atoms with Crippen LogP contribution in [-0.2, 0) is 9.53 Å². The number of nitrogens with zero attached hydrogens (tertiary/aromatic N) is 2. The van der Waals surface area contributed by atoms with Crippen molar-refractivity contribution >= 4 is 24.2 Å². The minimum atomic E-state index is -0.804. The van der Waals surface area contributed by atoms with Crippen molar-refractivity contribution in [1.82, 2.24) is 9.80 Å². The Morgan fingerprint density at radius 1 is 1.00 bits per heavy atom. The normalized spacial score (nSPS) is 19.9. The van der Waals surface area contributed by atoms with Gasteiger partial charge < -0.3 is 20.3 Å². The Balaban J connectivity index is 0.00000225. The lowest BCUT2D eigenvalue weighted by molar-refractivity contribution is -0.142. The zero-order valence-electron chi connectivity index (χ0n) is 14.6. The van der Waals surface area contributed by atoms with Gasteiger partial charge in [-0.15, -0.1) is 12.4 Å². The van der Waals surface area contributed by atoms with Gasteiger partial charge in [0.15, 0.2) is 0 Å². The summed E-state index contributed by atoms with van der Waals surface area (Å²) in [6.45, 7) is 5.24. The SMILES string of the molecule is Cc1ccc(C(=O)N2CCN(C(=O)C3(N)CCOCC3)CC2)cc1.Cl. The molecule has 0 aliphatic carbocycles. The summed E-state index contributed by atoms with van der Waals surface area (Å²) >= 11 is 0. The fourth-order valence-corrected chi connectivity index (χ4v) is 3.26. The number of carbonyl (C=O) groups excluding carboxylic acids is 2. The molecule has 1 aromatic carbocycles. The number of nitrogens with two attached hydrogens (primary N) is 1. The summed E-state index contributed by atoms with van der Waals surface area (Å²) in [5, 5.41) is 0. The second kappa shape index (κ2) is 8.17. The zero-order valence-corrected chi connectivity index (χ0v) is 15.4. The first-order valence-electron chi connectivity index (χ1n) is 8.51. The van der Waals surface area contributed by atoms with Gasteiger partial charge in [-0.2, -0.15) is 0 Å². The molecule has 138 valence electrons. The summed E-state index contributed by atoms with van der Waals surface area (Å²) in [5.41, 5.74) is 7.30. The molecule has 2 aliphatic heterocycles. The van der Waals surface area contributed by atoms with Gasteiger partial charge in [-0.3, -0.25) is 9.59 Å². The topological polar surface area (TPSA) is 75.9 Å². The van der Waals surface area contributed by atoms with E-state index < -0.39 is 5.54 Å². The molecule has 3 rings (SSSR count). The summed E-state index contributed by atoms with van der Waals surface area (Å²) in [5.74, 6) is 0.0175. The van der Waals surface area contributed by atoms with Crippen LogP contribution in [0.25, 0.3) is 0 Å². The number of hydrogen-bond acceptors (Lipinski definition) is 4. The quantitative estimate of drug-likeness (QED) is 0.852. The number of amides is 2. The molecule has 0 bridgehead atoms. The van der Waals surface area contributed by atoms with Crippen molar-refractivity contribution in [3.63, 3.8) is 0 Å². The first-order chi connectivity index (χ1) is 11.5. The highest BCUT2D eigenvalue weighted by atomic mass is 35.5. The molecule has 1 aromatic rings. The molecule has 0 spiro atoms. The van der Waals surface area contributed by atoms with Crippen molar-refractivity contribution in [2.45, 2.75) is 25.3 Å². The van der Waals surface area contributed by atoms with Crippen LogP contribution in [0.5, 0.6) is 0 Å². The molecule has 0 radical (unpaired) electrons. The van der Waals surface area contributed by atoms with E-state index in [9.17, 15) is 9.59 Å². The number of ether oxygens (including phenoxy) is 1. The van der Waals surface area contributed by atoms with Crippen LogP contribution in [-0.4, -0.2) is 66.5 Å². The van der Waals surface area contributed by atoms with E-state index in [1.54, 1.807) is 4.90 Å². The van der Waals surface area contributed by atoms with Crippen molar-refractivity contribution in [2.75, 3.05) is 39.4 Å². The first kappa shape index (κ1) is 19.7. The van der Waals surface area contributed by atoms with Crippen molar-refractivity contribution < 1.29 is 14.3 Å². The highest BCUT2D eigenvalue weighted by Crippen LogP contribution is 2.21. The van der Waals surface area contributed by atoms with E-state index in [1.165, 1.54) is 0 Å². The lowest BCUT2D eigenvalue weighted by Crippen LogP contribution is -2.61. The van der Waals surface area contributed by atoms with Gasteiger partial charge in [0, 0.05) is 45.0 Å². The van der Waals surface area contributed by atoms with Gasteiger partial charge in [0.2, 0.25) is 5.91 Å². The minimum Gasteiger partial charge on any atom is -0.381 e. The number of hydrogen-bond donors (Lipinski definition) is 1. The number of aryl methyl sites for hydroxylation is 1. The Bertz CT molecular complexity index is 606. The van der Waals surface area contributed by atoms with Crippen LogP contribution in [0.4, 0.5) is 0 Å². The number of rotatable bonds is 2. The van der Waals surface area contributed by atoms with Crippen LogP contribution in [0.2, 0.25) is 0 Å². The summed E-state index contributed by atoms with van der Waals surface area (Å²) in [6.07, 6.45) is 1.13. The Morgan fingerprint density at radius 2 is 1.52 bits per heavy atom. The average molecular weight is 368 g/mol. The van der Waals surface area contributed by atoms with E-state index in [0.717, 1.165) is 5.56 Å². The molecule has 2 aliphatic rings. The van der Waals surface area contributed by atoms with Gasteiger partial charge >= 0.3 is 0 Å². The van der Waals surface area contributed by atoms with Crippen LogP contribution in [0.15, 0.2) is 24.3 Å². The third kappa shape index (κ3) is 4.32.